The average molecular weight is 238 g/mol. The molecule has 1 aromatic rings. The molecule has 0 aromatic heterocycles. The van der Waals surface area contributed by atoms with Gasteiger partial charge in [-0.05, 0) is 24.1 Å². The van der Waals surface area contributed by atoms with Gasteiger partial charge in [0.25, 0.3) is 0 Å². The Hall–Kier alpha value is -0.740. The smallest absolute Gasteiger partial charge is 0.324 e. The third-order valence-corrected chi connectivity index (χ3v) is 2.50. The van der Waals surface area contributed by atoms with E-state index >= 15 is 0 Å². The minimum atomic E-state index is -4.41. The van der Waals surface area contributed by atoms with Crippen molar-refractivity contribution < 1.29 is 13.2 Å². The van der Waals surface area contributed by atoms with Gasteiger partial charge in [0, 0.05) is 11.1 Å². The van der Waals surface area contributed by atoms with Crippen LogP contribution in [0.2, 0.25) is 5.02 Å². The van der Waals surface area contributed by atoms with E-state index < -0.39 is 17.8 Å². The van der Waals surface area contributed by atoms with Crippen molar-refractivity contribution in [3.63, 3.8) is 0 Å². The van der Waals surface area contributed by atoms with E-state index in [9.17, 15) is 13.2 Å². The van der Waals surface area contributed by atoms with Crippen LogP contribution in [0.1, 0.15) is 30.5 Å². The molecule has 1 nitrogen and oxygen atoms in total. The first-order chi connectivity index (χ1) is 6.88. The highest BCUT2D eigenvalue weighted by molar-refractivity contribution is 6.31. The lowest BCUT2D eigenvalue weighted by Gasteiger charge is -2.18. The molecular formula is C10H11ClF3N. The van der Waals surface area contributed by atoms with Crippen LogP contribution in [-0.4, -0.2) is 0 Å². The number of alkyl halides is 3. The van der Waals surface area contributed by atoms with Crippen molar-refractivity contribution in [1.29, 1.82) is 0 Å². The molecule has 0 aliphatic heterocycles. The standard InChI is InChI=1S/C10H11ClF3N/c1-2-8(15)9-6(10(12,13)14)4-3-5-7(9)11/h3-5,8H,2,15H2,1H3/t8-/m0/s1. The second kappa shape index (κ2) is 4.41. The second-order valence-electron chi connectivity index (χ2n) is 3.21. The number of halogens is 4. The van der Waals surface area contributed by atoms with Crippen LogP contribution >= 0.6 is 11.6 Å². The highest BCUT2D eigenvalue weighted by atomic mass is 35.5. The van der Waals surface area contributed by atoms with Gasteiger partial charge in [-0.2, -0.15) is 13.2 Å². The lowest BCUT2D eigenvalue weighted by Crippen LogP contribution is -2.17. The van der Waals surface area contributed by atoms with E-state index in [0.717, 1.165) is 6.07 Å². The predicted octanol–water partition coefficient (Wildman–Crippen LogP) is 3.77. The summed E-state index contributed by atoms with van der Waals surface area (Å²) in [7, 11) is 0. The van der Waals surface area contributed by atoms with Gasteiger partial charge in [0.05, 0.1) is 5.56 Å². The minimum absolute atomic E-state index is 0.0193. The first kappa shape index (κ1) is 12.3. The maximum absolute atomic E-state index is 12.6. The van der Waals surface area contributed by atoms with E-state index in [0.29, 0.717) is 6.42 Å². The third kappa shape index (κ3) is 2.63. The molecular weight excluding hydrogens is 227 g/mol. The molecule has 0 bridgehead atoms. The van der Waals surface area contributed by atoms with Gasteiger partial charge in [0.15, 0.2) is 0 Å². The topological polar surface area (TPSA) is 26.0 Å². The number of rotatable bonds is 2. The van der Waals surface area contributed by atoms with E-state index in [2.05, 4.69) is 0 Å². The second-order valence-corrected chi connectivity index (χ2v) is 3.62. The maximum atomic E-state index is 12.6. The van der Waals surface area contributed by atoms with Crippen LogP contribution < -0.4 is 5.73 Å². The van der Waals surface area contributed by atoms with Crippen LogP contribution in [0, 0.1) is 0 Å². The summed E-state index contributed by atoms with van der Waals surface area (Å²) < 4.78 is 37.8. The molecule has 1 aromatic carbocycles. The van der Waals surface area contributed by atoms with Gasteiger partial charge < -0.3 is 5.73 Å². The first-order valence-electron chi connectivity index (χ1n) is 4.49. The number of nitrogens with two attached hydrogens (primary N) is 1. The van der Waals surface area contributed by atoms with Crippen molar-refractivity contribution >= 4 is 11.6 Å². The molecule has 5 heteroatoms. The van der Waals surface area contributed by atoms with Gasteiger partial charge in [-0.1, -0.05) is 24.6 Å². The summed E-state index contributed by atoms with van der Waals surface area (Å²) in [5, 5.41) is 0.0687. The van der Waals surface area contributed by atoms with Gasteiger partial charge in [-0.3, -0.25) is 0 Å². The molecule has 0 heterocycles. The van der Waals surface area contributed by atoms with Crippen LogP contribution in [0.15, 0.2) is 18.2 Å². The summed E-state index contributed by atoms with van der Waals surface area (Å²) in [4.78, 5) is 0. The lowest BCUT2D eigenvalue weighted by molar-refractivity contribution is -0.138. The molecule has 1 rings (SSSR count). The molecule has 15 heavy (non-hydrogen) atoms. The average Bonchev–Trinajstić information content (AvgIpc) is 2.15. The lowest BCUT2D eigenvalue weighted by atomic mass is 9.99. The SMILES string of the molecule is CC[C@H](N)c1c(Cl)cccc1C(F)(F)F. The third-order valence-electron chi connectivity index (χ3n) is 2.17. The van der Waals surface area contributed by atoms with Gasteiger partial charge in [0.1, 0.15) is 0 Å². The van der Waals surface area contributed by atoms with E-state index in [-0.39, 0.29) is 10.6 Å². The van der Waals surface area contributed by atoms with Crippen molar-refractivity contribution in [1.82, 2.24) is 0 Å². The molecule has 2 N–H and O–H groups in total. The van der Waals surface area contributed by atoms with Gasteiger partial charge in [0.2, 0.25) is 0 Å². The molecule has 0 radical (unpaired) electrons. The highest BCUT2D eigenvalue weighted by Gasteiger charge is 2.35. The van der Waals surface area contributed by atoms with Gasteiger partial charge >= 0.3 is 6.18 Å². The predicted molar refractivity (Wildman–Crippen MR) is 53.7 cm³/mol. The summed E-state index contributed by atoms with van der Waals surface area (Å²) in [6.07, 6.45) is -4.00. The fourth-order valence-corrected chi connectivity index (χ4v) is 1.68. The normalized spacial score (nSPS) is 14.0. The highest BCUT2D eigenvalue weighted by Crippen LogP contribution is 2.37. The summed E-state index contributed by atoms with van der Waals surface area (Å²) in [6, 6.07) is 3.01. The van der Waals surface area contributed by atoms with Crippen molar-refractivity contribution in [2.24, 2.45) is 5.73 Å². The molecule has 84 valence electrons. The van der Waals surface area contributed by atoms with E-state index in [1.165, 1.54) is 12.1 Å². The van der Waals surface area contributed by atoms with E-state index in [4.69, 9.17) is 17.3 Å². The summed E-state index contributed by atoms with van der Waals surface area (Å²) in [5.74, 6) is 0. The monoisotopic (exact) mass is 237 g/mol. The van der Waals surface area contributed by atoms with Crippen molar-refractivity contribution in [2.75, 3.05) is 0 Å². The zero-order valence-electron chi connectivity index (χ0n) is 8.11. The molecule has 0 fully saturated rings. The Bertz CT molecular complexity index is 349. The summed E-state index contributed by atoms with van der Waals surface area (Å²) in [5.41, 5.74) is 4.84. The first-order valence-corrected chi connectivity index (χ1v) is 4.87. The van der Waals surface area contributed by atoms with Crippen LogP contribution in [0.3, 0.4) is 0 Å². The Kier molecular flexibility index (Phi) is 3.62. The van der Waals surface area contributed by atoms with E-state index in [1.54, 1.807) is 6.92 Å². The molecule has 0 aliphatic rings. The Labute approximate surface area is 91.0 Å². The Morgan fingerprint density at radius 1 is 1.40 bits per heavy atom. The Balaban J connectivity index is 3.33. The Morgan fingerprint density at radius 2 is 2.00 bits per heavy atom. The fraction of sp³-hybridized carbons (Fsp3) is 0.400. The van der Waals surface area contributed by atoms with Crippen LogP contribution in [0.25, 0.3) is 0 Å². The number of hydrogen-bond acceptors (Lipinski definition) is 1. The zero-order valence-corrected chi connectivity index (χ0v) is 8.86. The van der Waals surface area contributed by atoms with Gasteiger partial charge in [-0.25, -0.2) is 0 Å². The largest absolute Gasteiger partial charge is 0.416 e. The molecule has 1 atom stereocenters. The van der Waals surface area contributed by atoms with Crippen molar-refractivity contribution in [2.45, 2.75) is 25.6 Å². The van der Waals surface area contributed by atoms with Crippen molar-refractivity contribution in [3.05, 3.63) is 34.3 Å². The zero-order chi connectivity index (χ0) is 11.6. The molecule has 0 aliphatic carbocycles. The van der Waals surface area contributed by atoms with Crippen LogP contribution in [-0.2, 0) is 6.18 Å². The number of hydrogen-bond donors (Lipinski definition) is 1. The molecule has 0 saturated heterocycles. The fourth-order valence-electron chi connectivity index (χ4n) is 1.37. The molecule has 0 spiro atoms. The van der Waals surface area contributed by atoms with Gasteiger partial charge in [-0.15, -0.1) is 0 Å². The summed E-state index contributed by atoms with van der Waals surface area (Å²) in [6.45, 7) is 1.72. The van der Waals surface area contributed by atoms with E-state index in [1.807, 2.05) is 0 Å². The quantitative estimate of drug-likeness (QED) is 0.833. The van der Waals surface area contributed by atoms with Crippen LogP contribution in [0.4, 0.5) is 13.2 Å². The number of benzene rings is 1. The molecule has 0 unspecified atom stereocenters. The van der Waals surface area contributed by atoms with Crippen molar-refractivity contribution in [3.8, 4) is 0 Å². The van der Waals surface area contributed by atoms with Crippen LogP contribution in [0.5, 0.6) is 0 Å². The Morgan fingerprint density at radius 3 is 2.47 bits per heavy atom. The maximum Gasteiger partial charge on any atom is 0.416 e. The molecule has 0 amide bonds. The minimum Gasteiger partial charge on any atom is -0.324 e. The summed E-state index contributed by atoms with van der Waals surface area (Å²) >= 11 is 5.73. The molecule has 0 saturated carbocycles.